The zero-order chi connectivity index (χ0) is 67.3. The Morgan fingerprint density at radius 3 is 0.835 bits per heavy atom. The molecule has 0 rings (SSSR count). The van der Waals surface area contributed by atoms with Gasteiger partial charge in [0, 0.05) is 25.7 Å². The molecule has 0 spiro atoms. The number of phosphoric acid groups is 2. The number of hydrogen-bond acceptors (Lipinski definition) is 15. The third-order valence-electron chi connectivity index (χ3n) is 17.0. The van der Waals surface area contributed by atoms with Gasteiger partial charge in [0.15, 0.2) is 12.2 Å². The van der Waals surface area contributed by atoms with Crippen LogP contribution in [0, 0.1) is 17.8 Å². The van der Waals surface area contributed by atoms with Gasteiger partial charge in [-0.15, -0.1) is 0 Å². The molecule has 0 aliphatic heterocycles. The van der Waals surface area contributed by atoms with Crippen LogP contribution in [0.4, 0.5) is 0 Å². The highest BCUT2D eigenvalue weighted by molar-refractivity contribution is 7.47. The fourth-order valence-electron chi connectivity index (χ4n) is 10.9. The summed E-state index contributed by atoms with van der Waals surface area (Å²) in [7, 11) is -9.90. The molecule has 0 radical (unpaired) electrons. The minimum atomic E-state index is -4.95. The molecule has 17 nitrogen and oxygen atoms in total. The smallest absolute Gasteiger partial charge is 0.462 e. The third kappa shape index (κ3) is 65.1. The quantitative estimate of drug-likeness (QED) is 0.0222. The Bertz CT molecular complexity index is 1790. The summed E-state index contributed by atoms with van der Waals surface area (Å²) in [5.41, 5.74) is 0. The number of unbranched alkanes of at least 4 members (excludes halogenated alkanes) is 37. The first-order valence-electron chi connectivity index (χ1n) is 37.4. The lowest BCUT2D eigenvalue weighted by Gasteiger charge is -2.21. The van der Waals surface area contributed by atoms with Gasteiger partial charge in [0.25, 0.3) is 0 Å². The number of rotatable bonds is 70. The second-order valence-electron chi connectivity index (χ2n) is 27.2. The topological polar surface area (TPSA) is 237 Å². The van der Waals surface area contributed by atoms with Crippen LogP contribution in [-0.4, -0.2) is 96.7 Å². The van der Waals surface area contributed by atoms with Crippen molar-refractivity contribution in [1.29, 1.82) is 0 Å². The lowest BCUT2D eigenvalue weighted by Crippen LogP contribution is -2.30. The monoisotopic (exact) mass is 1340 g/mol. The molecule has 0 aromatic rings. The fraction of sp³-hybridized carbons (Fsp3) is 0.944. The van der Waals surface area contributed by atoms with Gasteiger partial charge in [-0.3, -0.25) is 37.3 Å². The van der Waals surface area contributed by atoms with E-state index in [0.29, 0.717) is 31.6 Å². The number of aliphatic hydroxyl groups is 1. The van der Waals surface area contributed by atoms with E-state index < -0.39 is 97.5 Å². The lowest BCUT2D eigenvalue weighted by molar-refractivity contribution is -0.161. The van der Waals surface area contributed by atoms with Crippen molar-refractivity contribution in [2.45, 2.75) is 381 Å². The summed E-state index contributed by atoms with van der Waals surface area (Å²) < 4.78 is 68.2. The molecule has 0 aliphatic carbocycles. The lowest BCUT2D eigenvalue weighted by atomic mass is 9.99. The Kier molecular flexibility index (Phi) is 61.5. The first-order valence-corrected chi connectivity index (χ1v) is 40.4. The number of aliphatic hydroxyl groups excluding tert-OH is 1. The van der Waals surface area contributed by atoms with E-state index in [4.69, 9.17) is 37.0 Å². The van der Waals surface area contributed by atoms with Crippen LogP contribution in [0.3, 0.4) is 0 Å². The van der Waals surface area contributed by atoms with Crippen LogP contribution in [0.25, 0.3) is 0 Å². The summed E-state index contributed by atoms with van der Waals surface area (Å²) in [5, 5.41) is 10.6. The summed E-state index contributed by atoms with van der Waals surface area (Å²) >= 11 is 0. The van der Waals surface area contributed by atoms with Crippen LogP contribution in [0.1, 0.15) is 363 Å². The molecule has 0 heterocycles. The van der Waals surface area contributed by atoms with E-state index >= 15 is 0 Å². The molecule has 0 saturated heterocycles. The zero-order valence-corrected chi connectivity index (χ0v) is 61.1. The maximum atomic E-state index is 13.0. The minimum absolute atomic E-state index is 0.102. The van der Waals surface area contributed by atoms with Crippen molar-refractivity contribution < 1.29 is 80.2 Å². The molecular formula is C72H140O17P2. The fourth-order valence-corrected chi connectivity index (χ4v) is 12.4. The SMILES string of the molecule is CCCCCCCCCCC(=O)OC[C@H](COP(=O)(O)OC[C@H](O)COP(=O)(O)OC[C@@H](COC(=O)CCCCCCCCCCCC(C)C)OC(=O)CCCCCCCCCCCCCCCCCCCCC(C)CC)OC(=O)CCCCCCCCC(C)C. The molecule has 0 fully saturated rings. The van der Waals surface area contributed by atoms with Crippen LogP contribution in [0.15, 0.2) is 0 Å². The van der Waals surface area contributed by atoms with E-state index in [9.17, 15) is 43.2 Å². The molecule has 540 valence electrons. The average molecular weight is 1340 g/mol. The number of hydrogen-bond donors (Lipinski definition) is 3. The minimum Gasteiger partial charge on any atom is -0.462 e. The van der Waals surface area contributed by atoms with E-state index in [1.807, 2.05) is 0 Å². The van der Waals surface area contributed by atoms with Crippen molar-refractivity contribution in [1.82, 2.24) is 0 Å². The molecule has 3 unspecified atom stereocenters. The van der Waals surface area contributed by atoms with Gasteiger partial charge in [-0.25, -0.2) is 9.13 Å². The van der Waals surface area contributed by atoms with Crippen LogP contribution in [0.2, 0.25) is 0 Å². The molecule has 0 aromatic heterocycles. The van der Waals surface area contributed by atoms with Crippen molar-refractivity contribution in [3.63, 3.8) is 0 Å². The maximum Gasteiger partial charge on any atom is 0.472 e. The van der Waals surface area contributed by atoms with Crippen LogP contribution in [-0.2, 0) is 65.4 Å². The Morgan fingerprint density at radius 2 is 0.560 bits per heavy atom. The van der Waals surface area contributed by atoms with Crippen LogP contribution < -0.4 is 0 Å². The van der Waals surface area contributed by atoms with Crippen molar-refractivity contribution in [2.24, 2.45) is 17.8 Å². The molecular weight excluding hydrogens is 1200 g/mol. The number of phosphoric ester groups is 2. The van der Waals surface area contributed by atoms with E-state index in [0.717, 1.165) is 108 Å². The second kappa shape index (κ2) is 62.8. The Labute approximate surface area is 556 Å². The molecule has 0 aromatic carbocycles. The predicted molar refractivity (Wildman–Crippen MR) is 368 cm³/mol. The Hall–Kier alpha value is -1.94. The van der Waals surface area contributed by atoms with E-state index in [1.165, 1.54) is 167 Å². The number of carbonyl (C=O) groups is 4. The molecule has 0 amide bonds. The highest BCUT2D eigenvalue weighted by Gasteiger charge is 2.30. The van der Waals surface area contributed by atoms with Crippen molar-refractivity contribution in [2.75, 3.05) is 39.6 Å². The third-order valence-corrected chi connectivity index (χ3v) is 18.9. The number of carbonyl (C=O) groups excluding carboxylic acids is 4. The van der Waals surface area contributed by atoms with Gasteiger partial charge in [0.1, 0.15) is 19.3 Å². The summed E-state index contributed by atoms with van der Waals surface area (Å²) in [6, 6.07) is 0. The summed E-state index contributed by atoms with van der Waals surface area (Å²) in [4.78, 5) is 72.4. The van der Waals surface area contributed by atoms with Gasteiger partial charge < -0.3 is 33.8 Å². The molecule has 19 heteroatoms. The molecule has 3 N–H and O–H groups in total. The molecule has 91 heavy (non-hydrogen) atoms. The van der Waals surface area contributed by atoms with Gasteiger partial charge in [-0.2, -0.15) is 0 Å². The van der Waals surface area contributed by atoms with Gasteiger partial charge in [0.2, 0.25) is 0 Å². The first kappa shape index (κ1) is 89.1. The van der Waals surface area contributed by atoms with Crippen molar-refractivity contribution in [3.8, 4) is 0 Å². The summed E-state index contributed by atoms with van der Waals surface area (Å²) in [6.07, 6.45) is 47.6. The molecule has 0 aliphatic rings. The Morgan fingerprint density at radius 1 is 0.319 bits per heavy atom. The first-order chi connectivity index (χ1) is 43.8. The van der Waals surface area contributed by atoms with Gasteiger partial charge in [-0.1, -0.05) is 312 Å². The van der Waals surface area contributed by atoms with Gasteiger partial charge >= 0.3 is 39.5 Å². The maximum absolute atomic E-state index is 13.0. The van der Waals surface area contributed by atoms with Crippen molar-refractivity contribution in [3.05, 3.63) is 0 Å². The van der Waals surface area contributed by atoms with E-state index in [1.54, 1.807) is 0 Å². The van der Waals surface area contributed by atoms with E-state index in [2.05, 4.69) is 48.5 Å². The second-order valence-corrected chi connectivity index (χ2v) is 30.1. The van der Waals surface area contributed by atoms with Gasteiger partial charge in [0.05, 0.1) is 26.4 Å². The standard InChI is InChI=1S/C72H140O17P2/c1-8-10-11-12-13-31-39-46-53-69(74)82-60-68(89-72(77)56-49-42-35-34-37-44-51-64(5)6)62-87-91(80,81)85-58-66(73)57-84-90(78,79)86-61-67(59-83-70(75)54-47-40-32-28-24-25-29-36-43-50-63(3)4)88-71(76)55-48-41-33-27-23-21-19-17-15-14-16-18-20-22-26-30-38-45-52-65(7)9-2/h63-68,73H,8-62H2,1-7H3,(H,78,79)(H,80,81)/t65?,66-,67-,68-/m1/s1. The summed E-state index contributed by atoms with van der Waals surface area (Å²) in [6.45, 7) is 11.8. The Balaban J connectivity index is 5.13. The zero-order valence-electron chi connectivity index (χ0n) is 59.3. The predicted octanol–water partition coefficient (Wildman–Crippen LogP) is 20.6. The highest BCUT2D eigenvalue weighted by Crippen LogP contribution is 2.45. The number of ether oxygens (including phenoxy) is 4. The largest absolute Gasteiger partial charge is 0.472 e. The highest BCUT2D eigenvalue weighted by atomic mass is 31.2. The molecule has 0 saturated carbocycles. The van der Waals surface area contributed by atoms with Gasteiger partial charge in [-0.05, 0) is 43.4 Å². The average Bonchev–Trinajstić information content (AvgIpc) is 2.80. The number of esters is 4. The van der Waals surface area contributed by atoms with Crippen molar-refractivity contribution >= 4 is 39.5 Å². The molecule has 6 atom stereocenters. The normalized spacial score (nSPS) is 14.5. The molecule has 0 bridgehead atoms. The van der Waals surface area contributed by atoms with E-state index in [-0.39, 0.29) is 25.7 Å². The summed E-state index contributed by atoms with van der Waals surface area (Å²) in [5.74, 6) is 0.152. The van der Waals surface area contributed by atoms with Crippen LogP contribution >= 0.6 is 15.6 Å². The van der Waals surface area contributed by atoms with Crippen LogP contribution in [0.5, 0.6) is 0 Å².